The topological polar surface area (TPSA) is 62.3 Å². The maximum atomic E-state index is 13.3. The minimum Gasteiger partial charge on any atom is -0.339 e. The zero-order chi connectivity index (χ0) is 23.9. The molecule has 1 fully saturated rings. The van der Waals surface area contributed by atoms with Crippen LogP contribution < -0.4 is 5.32 Å². The van der Waals surface area contributed by atoms with Gasteiger partial charge in [-0.3, -0.25) is 9.59 Å². The molecule has 1 aliphatic heterocycles. The fourth-order valence-electron chi connectivity index (χ4n) is 4.03. The standard InChI is InChI=1S/C26H25F2N3O2S/c27-22-9-8-20(16-23(22)28)30-24(32)17-34-25-21(7-4-12-29-25)26(33)31-13-10-19(11-14-31)15-18-5-2-1-3-6-18/h1-9,12,16,19H,10-11,13-15,17H2,(H,30,32). The number of carbonyl (C=O) groups excluding carboxylic acids is 2. The monoisotopic (exact) mass is 481 g/mol. The molecule has 0 spiro atoms. The van der Waals surface area contributed by atoms with Gasteiger partial charge in [0.2, 0.25) is 5.91 Å². The Labute approximate surface area is 201 Å². The van der Waals surface area contributed by atoms with Gasteiger partial charge in [-0.2, -0.15) is 0 Å². The lowest BCUT2D eigenvalue weighted by molar-refractivity contribution is -0.113. The van der Waals surface area contributed by atoms with E-state index in [9.17, 15) is 18.4 Å². The molecule has 2 amide bonds. The fraction of sp³-hybridized carbons (Fsp3) is 0.269. The van der Waals surface area contributed by atoms with Gasteiger partial charge < -0.3 is 10.2 Å². The Kier molecular flexibility index (Phi) is 7.90. The normalized spacial score (nSPS) is 14.1. The van der Waals surface area contributed by atoms with Crippen LogP contribution in [0.4, 0.5) is 14.5 Å². The second-order valence-electron chi connectivity index (χ2n) is 8.25. The van der Waals surface area contributed by atoms with Crippen LogP contribution in [0.25, 0.3) is 0 Å². The Hall–Kier alpha value is -3.26. The summed E-state index contributed by atoms with van der Waals surface area (Å²) in [5.74, 6) is -1.97. The van der Waals surface area contributed by atoms with Crippen LogP contribution in [0.5, 0.6) is 0 Å². The summed E-state index contributed by atoms with van der Waals surface area (Å²) in [4.78, 5) is 31.6. The Bertz CT molecular complexity index is 1150. The molecule has 0 unspecified atom stereocenters. The van der Waals surface area contributed by atoms with Crippen molar-refractivity contribution >= 4 is 29.3 Å². The van der Waals surface area contributed by atoms with Crippen molar-refractivity contribution in [3.63, 3.8) is 0 Å². The van der Waals surface area contributed by atoms with Crippen LogP contribution in [-0.4, -0.2) is 40.5 Å². The van der Waals surface area contributed by atoms with Crippen LogP contribution in [0.2, 0.25) is 0 Å². The highest BCUT2D eigenvalue weighted by molar-refractivity contribution is 8.00. The summed E-state index contributed by atoms with van der Waals surface area (Å²) in [6.45, 7) is 1.37. The molecule has 4 rings (SSSR count). The third-order valence-electron chi connectivity index (χ3n) is 5.81. The van der Waals surface area contributed by atoms with Crippen LogP contribution in [0, 0.1) is 17.6 Å². The number of aromatic nitrogens is 1. The van der Waals surface area contributed by atoms with Crippen molar-refractivity contribution in [1.82, 2.24) is 9.88 Å². The minimum atomic E-state index is -1.03. The number of halogens is 2. The van der Waals surface area contributed by atoms with Crippen LogP contribution >= 0.6 is 11.8 Å². The van der Waals surface area contributed by atoms with E-state index in [2.05, 4.69) is 22.4 Å². The molecule has 0 saturated carbocycles. The second-order valence-corrected chi connectivity index (χ2v) is 9.21. The third kappa shape index (κ3) is 6.20. The molecule has 34 heavy (non-hydrogen) atoms. The van der Waals surface area contributed by atoms with E-state index in [1.807, 2.05) is 23.1 Å². The molecule has 2 heterocycles. The zero-order valence-corrected chi connectivity index (χ0v) is 19.4. The Morgan fingerprint density at radius 2 is 1.76 bits per heavy atom. The van der Waals surface area contributed by atoms with E-state index in [0.717, 1.165) is 43.2 Å². The van der Waals surface area contributed by atoms with E-state index in [4.69, 9.17) is 0 Å². The molecule has 8 heteroatoms. The number of nitrogens with one attached hydrogen (secondary N) is 1. The number of piperidine rings is 1. The third-order valence-corrected chi connectivity index (χ3v) is 6.82. The number of thioether (sulfide) groups is 1. The predicted octanol–water partition coefficient (Wildman–Crippen LogP) is 5.19. The van der Waals surface area contributed by atoms with Gasteiger partial charge in [0.25, 0.3) is 5.91 Å². The maximum absolute atomic E-state index is 13.3. The molecular weight excluding hydrogens is 456 g/mol. The van der Waals surface area contributed by atoms with Gasteiger partial charge in [0, 0.05) is 31.0 Å². The first kappa shape index (κ1) is 23.9. The summed E-state index contributed by atoms with van der Waals surface area (Å²) in [6.07, 6.45) is 4.49. The summed E-state index contributed by atoms with van der Waals surface area (Å²) in [6, 6.07) is 17.0. The Morgan fingerprint density at radius 1 is 1.00 bits per heavy atom. The molecule has 3 aromatic rings. The second kappa shape index (κ2) is 11.2. The van der Waals surface area contributed by atoms with Gasteiger partial charge in [0.05, 0.1) is 11.3 Å². The van der Waals surface area contributed by atoms with Crippen molar-refractivity contribution in [2.24, 2.45) is 5.92 Å². The van der Waals surface area contributed by atoms with Gasteiger partial charge in [0.1, 0.15) is 5.03 Å². The first-order valence-corrected chi connectivity index (χ1v) is 12.1. The number of anilines is 1. The number of amides is 2. The van der Waals surface area contributed by atoms with Crippen LogP contribution in [0.1, 0.15) is 28.8 Å². The summed E-state index contributed by atoms with van der Waals surface area (Å²) < 4.78 is 26.4. The van der Waals surface area contributed by atoms with Gasteiger partial charge in [0.15, 0.2) is 11.6 Å². The van der Waals surface area contributed by atoms with Crippen molar-refractivity contribution in [3.05, 3.63) is 89.6 Å². The van der Waals surface area contributed by atoms with Crippen molar-refractivity contribution < 1.29 is 18.4 Å². The van der Waals surface area contributed by atoms with Crippen molar-refractivity contribution in [2.45, 2.75) is 24.3 Å². The zero-order valence-electron chi connectivity index (χ0n) is 18.5. The van der Waals surface area contributed by atoms with Crippen LogP contribution in [0.3, 0.4) is 0 Å². The number of hydrogen-bond acceptors (Lipinski definition) is 4. The molecule has 0 atom stereocenters. The number of likely N-dealkylation sites (tertiary alicyclic amines) is 1. The number of carbonyl (C=O) groups is 2. The number of rotatable bonds is 7. The molecule has 176 valence electrons. The smallest absolute Gasteiger partial charge is 0.256 e. The molecule has 1 aliphatic rings. The van der Waals surface area contributed by atoms with E-state index in [1.54, 1.807) is 18.3 Å². The number of pyridine rings is 1. The van der Waals surface area contributed by atoms with Crippen molar-refractivity contribution in [1.29, 1.82) is 0 Å². The lowest BCUT2D eigenvalue weighted by Gasteiger charge is -2.32. The van der Waals surface area contributed by atoms with Crippen LogP contribution in [-0.2, 0) is 11.2 Å². The largest absolute Gasteiger partial charge is 0.339 e. The summed E-state index contributed by atoms with van der Waals surface area (Å²) >= 11 is 1.14. The van der Waals surface area contributed by atoms with E-state index < -0.39 is 17.5 Å². The van der Waals surface area contributed by atoms with E-state index in [-0.39, 0.29) is 17.3 Å². The summed E-state index contributed by atoms with van der Waals surface area (Å²) in [7, 11) is 0. The number of hydrogen-bond donors (Lipinski definition) is 1. The highest BCUT2D eigenvalue weighted by Gasteiger charge is 2.26. The lowest BCUT2D eigenvalue weighted by atomic mass is 9.90. The summed E-state index contributed by atoms with van der Waals surface area (Å²) in [5.41, 5.74) is 1.95. The molecular formula is C26H25F2N3O2S. The Morgan fingerprint density at radius 3 is 2.50 bits per heavy atom. The lowest BCUT2D eigenvalue weighted by Crippen LogP contribution is -2.39. The predicted molar refractivity (Wildman–Crippen MR) is 129 cm³/mol. The van der Waals surface area contributed by atoms with Gasteiger partial charge in [-0.15, -0.1) is 0 Å². The molecule has 1 saturated heterocycles. The SMILES string of the molecule is O=C(CSc1ncccc1C(=O)N1CCC(Cc2ccccc2)CC1)Nc1ccc(F)c(F)c1. The average Bonchev–Trinajstić information content (AvgIpc) is 2.86. The molecule has 0 aliphatic carbocycles. The molecule has 1 aromatic heterocycles. The van der Waals surface area contributed by atoms with E-state index in [0.29, 0.717) is 29.6 Å². The quantitative estimate of drug-likeness (QED) is 0.472. The molecule has 5 nitrogen and oxygen atoms in total. The first-order valence-electron chi connectivity index (χ1n) is 11.2. The maximum Gasteiger partial charge on any atom is 0.256 e. The van der Waals surface area contributed by atoms with Gasteiger partial charge >= 0.3 is 0 Å². The van der Waals surface area contributed by atoms with Gasteiger partial charge in [-0.25, -0.2) is 13.8 Å². The Balaban J connectivity index is 1.32. The highest BCUT2D eigenvalue weighted by atomic mass is 32.2. The van der Waals surface area contributed by atoms with Gasteiger partial charge in [-0.1, -0.05) is 42.1 Å². The molecule has 0 bridgehead atoms. The van der Waals surface area contributed by atoms with Crippen LogP contribution in [0.15, 0.2) is 71.9 Å². The molecule has 0 radical (unpaired) electrons. The molecule has 2 aromatic carbocycles. The van der Waals surface area contributed by atoms with Gasteiger partial charge in [-0.05, 0) is 55.0 Å². The van der Waals surface area contributed by atoms with Crippen molar-refractivity contribution in [2.75, 3.05) is 24.2 Å². The average molecular weight is 482 g/mol. The highest BCUT2D eigenvalue weighted by Crippen LogP contribution is 2.26. The minimum absolute atomic E-state index is 0.0184. The number of benzene rings is 2. The summed E-state index contributed by atoms with van der Waals surface area (Å²) in [5, 5.41) is 3.00. The van der Waals surface area contributed by atoms with E-state index >= 15 is 0 Å². The fourth-order valence-corrected chi connectivity index (χ4v) is 4.82. The first-order chi connectivity index (χ1) is 16.5. The van der Waals surface area contributed by atoms with E-state index in [1.165, 1.54) is 11.6 Å². The number of nitrogens with zero attached hydrogens (tertiary/aromatic N) is 2. The molecule has 1 N–H and O–H groups in total. The van der Waals surface area contributed by atoms with Crippen molar-refractivity contribution in [3.8, 4) is 0 Å².